The molecule has 18 unspecified atom stereocenters. The van der Waals surface area contributed by atoms with Crippen LogP contribution in [0.4, 0.5) is 0 Å². The molecular formula is C32H54K2N8O6S2. The number of fused-ring (bicyclic) bond motifs is 20. The zero-order valence-electron chi connectivity index (χ0n) is 29.6. The zero-order chi connectivity index (χ0) is 32.9. The Balaban J connectivity index is 0.00000196. The fraction of sp³-hybridized carbons (Fsp3) is 1.00. The smallest absolute Gasteiger partial charge is 0.748 e. The van der Waals surface area contributed by atoms with E-state index in [1.165, 1.54) is 32.1 Å². The second-order valence-electron chi connectivity index (χ2n) is 16.8. The van der Waals surface area contributed by atoms with Gasteiger partial charge < -0.3 is 9.11 Å². The molecule has 8 N–H and O–H groups in total. The Labute approximate surface area is 383 Å². The fourth-order valence-corrected chi connectivity index (χ4v) is 15.7. The van der Waals surface area contributed by atoms with Crippen LogP contribution in [0.15, 0.2) is 0 Å². The summed E-state index contributed by atoms with van der Waals surface area (Å²) in [5, 5.41) is 27.7. The molecule has 0 aromatic carbocycles. The Bertz CT molecular complexity index is 1450. The van der Waals surface area contributed by atoms with Gasteiger partial charge in [-0.05, 0) is 92.8 Å². The maximum atomic E-state index is 13.0. The summed E-state index contributed by atoms with van der Waals surface area (Å²) in [5.41, 5.74) is 0. The molecule has 0 aromatic heterocycles. The SMILES string of the molecule is O=S(=O)([O-])C1CCC2C3NC4NC(NC5NC(NC6NC(NC(N3)C2C1S(=O)(=O)[O-])C1CCCCC61)C1CCCCC51)C1CCCCC41.[K+].[K+]. The van der Waals surface area contributed by atoms with Crippen LogP contribution in [0.5, 0.6) is 0 Å². The van der Waals surface area contributed by atoms with Crippen molar-refractivity contribution in [2.45, 2.75) is 150 Å². The monoisotopic (exact) mass is 788 g/mol. The first-order chi connectivity index (χ1) is 23.0. The largest absolute Gasteiger partial charge is 1.00 e. The Morgan fingerprint density at radius 2 is 0.640 bits per heavy atom. The first-order valence-electron chi connectivity index (χ1n) is 19.0. The zero-order valence-corrected chi connectivity index (χ0v) is 37.4. The molecule has 50 heavy (non-hydrogen) atoms. The minimum atomic E-state index is -5.12. The number of hydrogen-bond donors (Lipinski definition) is 8. The summed E-state index contributed by atoms with van der Waals surface area (Å²) < 4.78 is 76.3. The van der Waals surface area contributed by atoms with Crippen molar-refractivity contribution in [3.63, 3.8) is 0 Å². The maximum absolute atomic E-state index is 13.0. The molecule has 9 aliphatic rings. The first-order valence-corrected chi connectivity index (χ1v) is 22.0. The van der Waals surface area contributed by atoms with E-state index in [1.807, 2.05) is 0 Å². The van der Waals surface area contributed by atoms with Crippen LogP contribution in [0, 0.1) is 47.3 Å². The molecule has 5 heterocycles. The van der Waals surface area contributed by atoms with E-state index < -0.39 is 42.8 Å². The molecule has 0 spiro atoms. The molecule has 4 aliphatic carbocycles. The summed E-state index contributed by atoms with van der Waals surface area (Å²) in [5.74, 6) is 1.42. The molecule has 8 bridgehead atoms. The Morgan fingerprint density at radius 3 is 0.920 bits per heavy atom. The van der Waals surface area contributed by atoms with Crippen molar-refractivity contribution in [1.82, 2.24) is 42.5 Å². The molecule has 5 aliphatic heterocycles. The van der Waals surface area contributed by atoms with Crippen molar-refractivity contribution >= 4 is 20.2 Å². The number of nitrogens with one attached hydrogen (secondary N) is 8. The number of hydrogen-bond acceptors (Lipinski definition) is 14. The summed E-state index contributed by atoms with van der Waals surface area (Å²) in [6.07, 6.45) is 13.5. The van der Waals surface area contributed by atoms with Gasteiger partial charge in [0.05, 0.1) is 80.1 Å². The third kappa shape index (κ3) is 7.59. The van der Waals surface area contributed by atoms with Gasteiger partial charge in [0.2, 0.25) is 0 Å². The van der Waals surface area contributed by atoms with E-state index in [0.29, 0.717) is 41.9 Å². The van der Waals surface area contributed by atoms with Crippen LogP contribution in [0.3, 0.4) is 0 Å². The van der Waals surface area contributed by atoms with E-state index in [0.717, 1.165) is 44.9 Å². The van der Waals surface area contributed by atoms with Gasteiger partial charge in [0.15, 0.2) is 0 Å². The van der Waals surface area contributed by atoms with Gasteiger partial charge in [0, 0.05) is 5.92 Å². The van der Waals surface area contributed by atoms with Crippen molar-refractivity contribution in [3.8, 4) is 0 Å². The molecule has 4 saturated carbocycles. The average Bonchev–Trinajstić information content (AvgIpc) is 3.79. The third-order valence-electron chi connectivity index (χ3n) is 14.6. The summed E-state index contributed by atoms with van der Waals surface area (Å²) in [6, 6.07) is 0. The van der Waals surface area contributed by atoms with Crippen LogP contribution in [0.1, 0.15) is 89.9 Å². The molecule has 0 aromatic rings. The summed E-state index contributed by atoms with van der Waals surface area (Å²) >= 11 is 0. The van der Waals surface area contributed by atoms with Crippen LogP contribution in [-0.4, -0.2) is 85.8 Å². The molecule has 14 nitrogen and oxygen atoms in total. The molecule has 0 radical (unpaired) electrons. The standard InChI is InChI=1S/C32H56N8O6S2.2K/c41-47(42,43)22-14-13-21-23(24(22)48(44,45)46)32-39-30-20-12-6-5-11-19(20)28(37-30)35-26-16-8-2-1-7-15(16)25(33-26)34-27-17-9-3-4-10-18(17)29(36-27)38-31(21)40-32;;/h15-40H,1-14H2,(H,41,42,43)(H,44,45,46);;/q;2*+1/p-2. The summed E-state index contributed by atoms with van der Waals surface area (Å²) in [6.45, 7) is 0. The van der Waals surface area contributed by atoms with Crippen molar-refractivity contribution in [2.75, 3.05) is 0 Å². The molecule has 0 amide bonds. The molecule has 9 fully saturated rings. The first kappa shape index (κ1) is 41.0. The van der Waals surface area contributed by atoms with Crippen molar-refractivity contribution in [3.05, 3.63) is 0 Å². The van der Waals surface area contributed by atoms with Crippen LogP contribution in [0.25, 0.3) is 0 Å². The van der Waals surface area contributed by atoms with Crippen molar-refractivity contribution in [2.24, 2.45) is 47.3 Å². The summed E-state index contributed by atoms with van der Waals surface area (Å²) in [4.78, 5) is 0. The van der Waals surface area contributed by atoms with Crippen LogP contribution < -0.4 is 145 Å². The Morgan fingerprint density at radius 1 is 0.360 bits per heavy atom. The van der Waals surface area contributed by atoms with Gasteiger partial charge in [0.25, 0.3) is 0 Å². The normalized spacial score (nSPS) is 51.6. The van der Waals surface area contributed by atoms with E-state index in [1.54, 1.807) is 0 Å². The molecule has 272 valence electrons. The van der Waals surface area contributed by atoms with E-state index >= 15 is 0 Å². The number of rotatable bonds is 2. The van der Waals surface area contributed by atoms with E-state index in [2.05, 4.69) is 42.5 Å². The van der Waals surface area contributed by atoms with Crippen LogP contribution in [0.2, 0.25) is 0 Å². The topological polar surface area (TPSA) is 211 Å². The predicted octanol–water partition coefficient (Wildman–Crippen LogP) is -6.34. The Kier molecular flexibility index (Phi) is 13.3. The van der Waals surface area contributed by atoms with Gasteiger partial charge in [-0.1, -0.05) is 38.5 Å². The van der Waals surface area contributed by atoms with Gasteiger partial charge in [-0.3, -0.25) is 42.5 Å². The van der Waals surface area contributed by atoms with Gasteiger partial charge >= 0.3 is 103 Å². The quantitative estimate of drug-likeness (QED) is 0.0968. The summed E-state index contributed by atoms with van der Waals surface area (Å²) in [7, 11) is -10.1. The van der Waals surface area contributed by atoms with Crippen molar-refractivity contribution in [1.29, 1.82) is 0 Å². The van der Waals surface area contributed by atoms with Crippen LogP contribution in [-0.2, 0) is 20.2 Å². The van der Waals surface area contributed by atoms with E-state index in [-0.39, 0.29) is 158 Å². The van der Waals surface area contributed by atoms with Gasteiger partial charge in [-0.15, -0.1) is 0 Å². The van der Waals surface area contributed by atoms with Gasteiger partial charge in [0.1, 0.15) is 0 Å². The minimum absolute atomic E-state index is 0. The molecule has 9 rings (SSSR count). The van der Waals surface area contributed by atoms with Gasteiger partial charge in [-0.2, -0.15) is 0 Å². The molecular weight excluding hydrogens is 735 g/mol. The average molecular weight is 789 g/mol. The van der Waals surface area contributed by atoms with Crippen LogP contribution >= 0.6 is 0 Å². The molecule has 5 saturated heterocycles. The van der Waals surface area contributed by atoms with E-state index in [4.69, 9.17) is 0 Å². The third-order valence-corrected chi connectivity index (χ3v) is 17.4. The maximum Gasteiger partial charge on any atom is 1.00 e. The second kappa shape index (κ2) is 16.2. The predicted molar refractivity (Wildman–Crippen MR) is 175 cm³/mol. The van der Waals surface area contributed by atoms with Gasteiger partial charge in [-0.25, -0.2) is 16.8 Å². The van der Waals surface area contributed by atoms with E-state index in [9.17, 15) is 25.9 Å². The molecule has 18 atom stereocenters. The Hall–Kier alpha value is 2.77. The fourth-order valence-electron chi connectivity index (χ4n) is 12.7. The van der Waals surface area contributed by atoms with Crippen molar-refractivity contribution < 1.29 is 129 Å². The minimum Gasteiger partial charge on any atom is -0.748 e. The molecule has 18 heteroatoms. The second-order valence-corrected chi connectivity index (χ2v) is 19.9.